The lowest BCUT2D eigenvalue weighted by molar-refractivity contribution is -0.609. The summed E-state index contributed by atoms with van der Waals surface area (Å²) in [5, 5.41) is 50.1. The molecule has 3 rings (SSSR count). The van der Waals surface area contributed by atoms with Gasteiger partial charge in [-0.15, -0.1) is 10.2 Å². The van der Waals surface area contributed by atoms with E-state index in [0.29, 0.717) is 16.0 Å². The molecule has 134 valence electrons. The van der Waals surface area contributed by atoms with Crippen molar-refractivity contribution in [1.82, 2.24) is 14.8 Å². The number of pyridine rings is 1. The number of benzene rings is 1. The second-order valence-electron chi connectivity index (χ2n) is 5.50. The van der Waals surface area contributed by atoms with Gasteiger partial charge in [0, 0.05) is 31.7 Å². The zero-order valence-electron chi connectivity index (χ0n) is 13.5. The molecule has 10 nitrogen and oxygen atoms in total. The molecule has 1 aromatic carbocycles. The van der Waals surface area contributed by atoms with Crippen LogP contribution < -0.4 is 4.73 Å². The second kappa shape index (κ2) is 6.15. The third kappa shape index (κ3) is 2.65. The van der Waals surface area contributed by atoms with E-state index in [-0.39, 0.29) is 22.4 Å². The number of hydrogen-bond acceptors (Lipinski definition) is 7. The van der Waals surface area contributed by atoms with Gasteiger partial charge in [0.25, 0.3) is 5.15 Å². The van der Waals surface area contributed by atoms with Crippen LogP contribution in [-0.2, 0) is 7.05 Å². The summed E-state index contributed by atoms with van der Waals surface area (Å²) in [6.07, 6.45) is 0. The molecule has 2 N–H and O–H groups in total. The summed E-state index contributed by atoms with van der Waals surface area (Å²) in [6, 6.07) is 5.37. The minimum atomic E-state index is -0.838. The van der Waals surface area contributed by atoms with E-state index in [2.05, 4.69) is 10.2 Å². The number of nitrogens with zero attached hydrogens (tertiary/aromatic N) is 5. The van der Waals surface area contributed by atoms with Gasteiger partial charge in [-0.05, 0) is 23.7 Å². The van der Waals surface area contributed by atoms with Crippen molar-refractivity contribution in [1.29, 1.82) is 0 Å². The van der Waals surface area contributed by atoms with Crippen molar-refractivity contribution in [2.45, 2.75) is 6.92 Å². The minimum absolute atomic E-state index is 0.0911. The summed E-state index contributed by atoms with van der Waals surface area (Å²) in [5.41, 5.74) is 0.216. The molecule has 0 saturated carbocycles. The summed E-state index contributed by atoms with van der Waals surface area (Å²) in [7, 11) is 1.58. The number of halogens is 1. The molecular formula is C15H12ClN5O5. The van der Waals surface area contributed by atoms with Crippen molar-refractivity contribution >= 4 is 17.3 Å². The third-order valence-electron chi connectivity index (χ3n) is 3.85. The van der Waals surface area contributed by atoms with E-state index in [0.717, 1.165) is 12.1 Å². The first-order valence-corrected chi connectivity index (χ1v) is 7.59. The van der Waals surface area contributed by atoms with Gasteiger partial charge >= 0.3 is 5.69 Å². The number of rotatable bonds is 3. The fraction of sp³-hybridized carbons (Fsp3) is 0.133. The predicted octanol–water partition coefficient (Wildman–Crippen LogP) is 2.06. The van der Waals surface area contributed by atoms with E-state index in [1.54, 1.807) is 26.1 Å². The Morgan fingerprint density at radius 2 is 1.88 bits per heavy atom. The number of aryl methyl sites for hydroxylation is 1. The van der Waals surface area contributed by atoms with Crippen LogP contribution in [0, 0.1) is 22.2 Å². The maximum Gasteiger partial charge on any atom is 0.315 e. The van der Waals surface area contributed by atoms with Crippen molar-refractivity contribution < 1.29 is 19.9 Å². The number of nitro benzene ring substituents is 1. The first kappa shape index (κ1) is 17.4. The molecule has 0 spiro atoms. The van der Waals surface area contributed by atoms with Crippen molar-refractivity contribution in [3.05, 3.63) is 50.4 Å². The lowest BCUT2D eigenvalue weighted by Gasteiger charge is -2.08. The predicted molar refractivity (Wildman–Crippen MR) is 90.6 cm³/mol. The second-order valence-corrected chi connectivity index (χ2v) is 5.86. The summed E-state index contributed by atoms with van der Waals surface area (Å²) in [5.74, 6) is -1.07. The van der Waals surface area contributed by atoms with Crippen LogP contribution in [0.5, 0.6) is 11.5 Å². The highest BCUT2D eigenvalue weighted by molar-refractivity contribution is 6.31. The highest BCUT2D eigenvalue weighted by Crippen LogP contribution is 2.39. The summed E-state index contributed by atoms with van der Waals surface area (Å²) >= 11 is 6.08. The van der Waals surface area contributed by atoms with Gasteiger partial charge in [0.1, 0.15) is 5.56 Å². The molecule has 2 aromatic heterocycles. The topological polar surface area (TPSA) is 141 Å². The number of phenolic OH excluding ortho intramolecular Hbond substituents is 2. The highest BCUT2D eigenvalue weighted by atomic mass is 35.5. The van der Waals surface area contributed by atoms with Gasteiger partial charge < -0.3 is 20.0 Å². The van der Waals surface area contributed by atoms with Crippen LogP contribution >= 0.6 is 11.6 Å². The van der Waals surface area contributed by atoms with Crippen LogP contribution in [0.1, 0.15) is 5.69 Å². The Hall–Kier alpha value is -3.40. The smallest absolute Gasteiger partial charge is 0.315 e. The van der Waals surface area contributed by atoms with E-state index < -0.39 is 22.1 Å². The molecule has 0 aliphatic carbocycles. The Balaban J connectivity index is 2.17. The molecule has 0 fully saturated rings. The Bertz CT molecular complexity index is 1050. The quantitative estimate of drug-likeness (QED) is 0.178. The Kier molecular flexibility index (Phi) is 4.12. The molecule has 3 aromatic rings. The van der Waals surface area contributed by atoms with Crippen molar-refractivity contribution in [2.75, 3.05) is 0 Å². The first-order valence-electron chi connectivity index (χ1n) is 7.21. The molecule has 0 radical (unpaired) electrons. The number of aromatic nitrogens is 4. The zero-order valence-corrected chi connectivity index (χ0v) is 14.3. The third-order valence-corrected chi connectivity index (χ3v) is 4.21. The van der Waals surface area contributed by atoms with E-state index in [1.807, 2.05) is 0 Å². The molecular weight excluding hydrogens is 366 g/mol. The van der Waals surface area contributed by atoms with Gasteiger partial charge in [0.15, 0.2) is 23.1 Å². The average molecular weight is 378 g/mol. The normalized spacial score (nSPS) is 10.9. The molecule has 11 heteroatoms. The molecule has 26 heavy (non-hydrogen) atoms. The molecule has 0 atom stereocenters. The first-order chi connectivity index (χ1) is 12.2. The maximum atomic E-state index is 11.9. The monoisotopic (exact) mass is 377 g/mol. The Labute approximate surface area is 151 Å². The van der Waals surface area contributed by atoms with Gasteiger partial charge in [-0.2, -0.15) is 4.73 Å². The molecule has 0 amide bonds. The number of phenols is 2. The average Bonchev–Trinajstić information content (AvgIpc) is 2.96. The summed E-state index contributed by atoms with van der Waals surface area (Å²) in [4.78, 5) is 10.2. The van der Waals surface area contributed by atoms with Gasteiger partial charge in [-0.3, -0.25) is 10.1 Å². The largest absolute Gasteiger partial charge is 0.617 e. The number of hydrogen-bond donors (Lipinski definition) is 2. The van der Waals surface area contributed by atoms with Crippen LogP contribution in [0.4, 0.5) is 5.69 Å². The molecule has 0 aliphatic heterocycles. The van der Waals surface area contributed by atoms with Crippen LogP contribution in [0.3, 0.4) is 0 Å². The van der Waals surface area contributed by atoms with E-state index in [9.17, 15) is 25.5 Å². The van der Waals surface area contributed by atoms with Crippen LogP contribution in [0.2, 0.25) is 5.15 Å². The van der Waals surface area contributed by atoms with Crippen molar-refractivity contribution in [3.63, 3.8) is 0 Å². The SMILES string of the molecule is Cc1ccc(-c2nnc(-c3cc(O)c(O)c([N+](=O)[O-])c3)n2C)c(Cl)[n+]1[O-]. The van der Waals surface area contributed by atoms with Crippen LogP contribution in [0.25, 0.3) is 22.8 Å². The lowest BCUT2D eigenvalue weighted by atomic mass is 10.1. The molecule has 2 heterocycles. The van der Waals surface area contributed by atoms with Gasteiger partial charge in [0.05, 0.1) is 4.92 Å². The Morgan fingerprint density at radius 1 is 1.23 bits per heavy atom. The summed E-state index contributed by atoms with van der Waals surface area (Å²) in [6.45, 7) is 1.60. The molecule has 0 unspecified atom stereocenters. The minimum Gasteiger partial charge on any atom is -0.617 e. The number of aromatic hydroxyl groups is 2. The van der Waals surface area contributed by atoms with Gasteiger partial charge in [0.2, 0.25) is 5.75 Å². The van der Waals surface area contributed by atoms with Crippen LogP contribution in [0.15, 0.2) is 24.3 Å². The molecule has 0 saturated heterocycles. The van der Waals surface area contributed by atoms with Crippen molar-refractivity contribution in [2.24, 2.45) is 7.05 Å². The van der Waals surface area contributed by atoms with Gasteiger partial charge in [-0.1, -0.05) is 0 Å². The van der Waals surface area contributed by atoms with E-state index in [4.69, 9.17) is 11.6 Å². The van der Waals surface area contributed by atoms with E-state index in [1.165, 1.54) is 4.57 Å². The standard InChI is InChI=1S/C15H12ClN5O5/c1-7-3-4-9(13(16)20(7)24)15-18-17-14(19(15)2)8-5-10(21(25)26)12(23)11(22)6-8/h3-6,22-23H,1-2H3. The fourth-order valence-electron chi connectivity index (χ4n) is 2.46. The highest BCUT2D eigenvalue weighted by Gasteiger charge is 2.24. The Morgan fingerprint density at radius 3 is 2.54 bits per heavy atom. The van der Waals surface area contributed by atoms with Crippen molar-refractivity contribution in [3.8, 4) is 34.3 Å². The fourth-order valence-corrected chi connectivity index (χ4v) is 2.74. The molecule has 0 aliphatic rings. The lowest BCUT2D eigenvalue weighted by Crippen LogP contribution is -2.31. The number of nitro groups is 1. The molecule has 0 bridgehead atoms. The van der Waals surface area contributed by atoms with Gasteiger partial charge in [-0.25, -0.2) is 0 Å². The van der Waals surface area contributed by atoms with Crippen LogP contribution in [-0.4, -0.2) is 29.9 Å². The van der Waals surface area contributed by atoms with E-state index >= 15 is 0 Å². The maximum absolute atomic E-state index is 11.9. The summed E-state index contributed by atoms with van der Waals surface area (Å²) < 4.78 is 2.01. The zero-order chi connectivity index (χ0) is 19.2.